The van der Waals surface area contributed by atoms with E-state index in [1.54, 1.807) is 23.6 Å². The molecule has 0 unspecified atom stereocenters. The van der Waals surface area contributed by atoms with Crippen LogP contribution in [0, 0.1) is 11.3 Å². The third-order valence-corrected chi connectivity index (χ3v) is 3.77. The van der Waals surface area contributed by atoms with Gasteiger partial charge in [-0.25, -0.2) is 9.97 Å². The van der Waals surface area contributed by atoms with E-state index in [0.717, 1.165) is 6.54 Å². The topological polar surface area (TPSA) is 52.8 Å². The summed E-state index contributed by atoms with van der Waals surface area (Å²) in [5.74, 6) is 0.671. The summed E-state index contributed by atoms with van der Waals surface area (Å²) < 4.78 is 0. The minimum absolute atomic E-state index is 0.428. The number of nitriles is 1. The molecule has 2 heterocycles. The molecule has 2 aromatic heterocycles. The van der Waals surface area contributed by atoms with E-state index >= 15 is 0 Å². The van der Waals surface area contributed by atoms with Gasteiger partial charge in [-0.05, 0) is 30.4 Å². The van der Waals surface area contributed by atoms with Crippen LogP contribution in [0.25, 0.3) is 0 Å². The maximum absolute atomic E-state index is 8.90. The van der Waals surface area contributed by atoms with Crippen molar-refractivity contribution in [2.24, 2.45) is 0 Å². The molecule has 90 valence electrons. The zero-order chi connectivity index (χ0) is 12.4. The lowest BCUT2D eigenvalue weighted by molar-refractivity contribution is 0.764. The summed E-state index contributed by atoms with van der Waals surface area (Å²) in [6.45, 7) is 0.831. The normalized spacial score (nSPS) is 14.2. The molecule has 0 spiro atoms. The molecule has 5 heteroatoms. The second-order valence-corrected chi connectivity index (χ2v) is 5.32. The molecule has 4 nitrogen and oxygen atoms in total. The van der Waals surface area contributed by atoms with Crippen LogP contribution in [-0.2, 0) is 6.54 Å². The fraction of sp³-hybridized carbons (Fsp3) is 0.308. The highest BCUT2D eigenvalue weighted by Crippen LogP contribution is 2.31. The second kappa shape index (κ2) is 4.75. The molecule has 0 saturated heterocycles. The largest absolute Gasteiger partial charge is 0.333 e. The van der Waals surface area contributed by atoms with E-state index in [0.29, 0.717) is 17.7 Å². The number of hydrogen-bond donors (Lipinski definition) is 0. The summed E-state index contributed by atoms with van der Waals surface area (Å²) in [4.78, 5) is 12.1. The maximum atomic E-state index is 8.90. The van der Waals surface area contributed by atoms with Crippen molar-refractivity contribution >= 4 is 17.3 Å². The molecule has 1 fully saturated rings. The van der Waals surface area contributed by atoms with Crippen molar-refractivity contribution in [2.45, 2.75) is 25.4 Å². The van der Waals surface area contributed by atoms with Gasteiger partial charge in [0.1, 0.15) is 11.8 Å². The lowest BCUT2D eigenvalue weighted by Crippen LogP contribution is -2.26. The Morgan fingerprint density at radius 1 is 1.44 bits per heavy atom. The van der Waals surface area contributed by atoms with Crippen LogP contribution in [0.15, 0.2) is 29.8 Å². The zero-order valence-corrected chi connectivity index (χ0v) is 10.6. The van der Waals surface area contributed by atoms with E-state index in [1.165, 1.54) is 17.7 Å². The van der Waals surface area contributed by atoms with E-state index in [-0.39, 0.29) is 0 Å². The molecule has 0 aromatic carbocycles. The first kappa shape index (κ1) is 11.2. The number of rotatable bonds is 4. The SMILES string of the molecule is N#Cc1ccnc(N(Cc2cccs2)C2CC2)n1. The van der Waals surface area contributed by atoms with Gasteiger partial charge in [0.2, 0.25) is 5.95 Å². The Kier molecular flexibility index (Phi) is 2.95. The minimum Gasteiger partial charge on any atom is -0.333 e. The fourth-order valence-corrected chi connectivity index (χ4v) is 2.57. The molecular formula is C13H12N4S. The highest BCUT2D eigenvalue weighted by atomic mass is 32.1. The summed E-state index contributed by atoms with van der Waals surface area (Å²) in [7, 11) is 0. The van der Waals surface area contributed by atoms with Gasteiger partial charge >= 0.3 is 0 Å². The van der Waals surface area contributed by atoms with E-state index in [4.69, 9.17) is 5.26 Å². The molecule has 2 aromatic rings. The smallest absolute Gasteiger partial charge is 0.227 e. The first-order valence-corrected chi connectivity index (χ1v) is 6.77. The molecule has 0 aliphatic heterocycles. The lowest BCUT2D eigenvalue weighted by atomic mass is 10.4. The van der Waals surface area contributed by atoms with E-state index < -0.39 is 0 Å². The molecule has 1 aliphatic rings. The molecule has 1 aliphatic carbocycles. The van der Waals surface area contributed by atoms with Gasteiger partial charge in [-0.3, -0.25) is 0 Å². The molecule has 1 saturated carbocycles. The van der Waals surface area contributed by atoms with Crippen LogP contribution in [0.1, 0.15) is 23.4 Å². The maximum Gasteiger partial charge on any atom is 0.227 e. The summed E-state index contributed by atoms with van der Waals surface area (Å²) >= 11 is 1.74. The van der Waals surface area contributed by atoms with Gasteiger partial charge in [0.15, 0.2) is 0 Å². The highest BCUT2D eigenvalue weighted by Gasteiger charge is 2.31. The average molecular weight is 256 g/mol. The van der Waals surface area contributed by atoms with Crippen molar-refractivity contribution in [3.63, 3.8) is 0 Å². The van der Waals surface area contributed by atoms with Gasteiger partial charge in [-0.2, -0.15) is 5.26 Å². The van der Waals surface area contributed by atoms with E-state index in [2.05, 4.69) is 38.4 Å². The zero-order valence-electron chi connectivity index (χ0n) is 9.78. The average Bonchev–Trinajstić information content (AvgIpc) is 3.13. The van der Waals surface area contributed by atoms with E-state index in [1.807, 2.05) is 0 Å². The Morgan fingerprint density at radius 2 is 2.33 bits per heavy atom. The van der Waals surface area contributed by atoms with Gasteiger partial charge in [-0.1, -0.05) is 6.07 Å². The van der Waals surface area contributed by atoms with Crippen LogP contribution in [0.5, 0.6) is 0 Å². The Morgan fingerprint density at radius 3 is 3.00 bits per heavy atom. The van der Waals surface area contributed by atoms with Crippen LogP contribution < -0.4 is 4.90 Å². The molecule has 0 atom stereocenters. The quantitative estimate of drug-likeness (QED) is 0.843. The lowest BCUT2D eigenvalue weighted by Gasteiger charge is -2.21. The first-order chi connectivity index (χ1) is 8.86. The monoisotopic (exact) mass is 256 g/mol. The summed E-state index contributed by atoms with van der Waals surface area (Å²) in [6, 6.07) is 8.41. The molecule has 0 bridgehead atoms. The number of hydrogen-bond acceptors (Lipinski definition) is 5. The number of thiophene rings is 1. The fourth-order valence-electron chi connectivity index (χ4n) is 1.87. The van der Waals surface area contributed by atoms with Gasteiger partial charge in [0.05, 0.1) is 6.54 Å². The van der Waals surface area contributed by atoms with Gasteiger partial charge < -0.3 is 4.90 Å². The molecule has 0 radical (unpaired) electrons. The molecule has 0 amide bonds. The van der Waals surface area contributed by atoms with Crippen molar-refractivity contribution in [2.75, 3.05) is 4.90 Å². The van der Waals surface area contributed by atoms with Crippen molar-refractivity contribution in [1.82, 2.24) is 9.97 Å². The summed E-state index contributed by atoms with van der Waals surface area (Å²) in [5.41, 5.74) is 0.428. The Labute approximate surface area is 110 Å². The van der Waals surface area contributed by atoms with Gasteiger partial charge in [0, 0.05) is 17.1 Å². The Hall–Kier alpha value is -1.93. The third kappa shape index (κ3) is 2.34. The minimum atomic E-state index is 0.428. The van der Waals surface area contributed by atoms with Crippen molar-refractivity contribution in [3.8, 4) is 6.07 Å². The molecule has 18 heavy (non-hydrogen) atoms. The third-order valence-electron chi connectivity index (χ3n) is 2.91. The van der Waals surface area contributed by atoms with Crippen molar-refractivity contribution in [3.05, 3.63) is 40.3 Å². The van der Waals surface area contributed by atoms with Crippen LogP contribution in [0.4, 0.5) is 5.95 Å². The van der Waals surface area contributed by atoms with E-state index in [9.17, 15) is 0 Å². The standard InChI is InChI=1S/C13H12N4S/c14-8-10-5-6-15-13(16-10)17(11-3-4-11)9-12-2-1-7-18-12/h1-2,5-7,11H,3-4,9H2. The molecular weight excluding hydrogens is 244 g/mol. The first-order valence-electron chi connectivity index (χ1n) is 5.89. The van der Waals surface area contributed by atoms with Gasteiger partial charge in [0.25, 0.3) is 0 Å². The predicted octanol–water partition coefficient (Wildman–Crippen LogP) is 2.58. The predicted molar refractivity (Wildman–Crippen MR) is 70.3 cm³/mol. The molecule has 0 N–H and O–H groups in total. The molecule has 3 rings (SSSR count). The van der Waals surface area contributed by atoms with Gasteiger partial charge in [-0.15, -0.1) is 11.3 Å². The number of nitrogens with zero attached hydrogens (tertiary/aromatic N) is 4. The Bertz CT molecular complexity index is 569. The summed E-state index contributed by atoms with van der Waals surface area (Å²) in [5, 5.41) is 11.0. The number of anilines is 1. The van der Waals surface area contributed by atoms with Crippen molar-refractivity contribution in [1.29, 1.82) is 5.26 Å². The second-order valence-electron chi connectivity index (χ2n) is 4.29. The van der Waals surface area contributed by atoms with Crippen LogP contribution >= 0.6 is 11.3 Å². The number of aromatic nitrogens is 2. The highest BCUT2D eigenvalue weighted by molar-refractivity contribution is 7.09. The van der Waals surface area contributed by atoms with Crippen LogP contribution in [-0.4, -0.2) is 16.0 Å². The van der Waals surface area contributed by atoms with Crippen LogP contribution in [0.2, 0.25) is 0 Å². The Balaban J connectivity index is 1.87. The summed E-state index contributed by atoms with van der Waals surface area (Å²) in [6.07, 6.45) is 4.03. The van der Waals surface area contributed by atoms with Crippen LogP contribution in [0.3, 0.4) is 0 Å². The van der Waals surface area contributed by atoms with Crippen molar-refractivity contribution < 1.29 is 0 Å².